The molecule has 6 nitrogen and oxygen atoms in total. The summed E-state index contributed by atoms with van der Waals surface area (Å²) in [6.07, 6.45) is 0.663. The molecule has 25 heavy (non-hydrogen) atoms. The number of fused-ring (bicyclic) bond motifs is 1. The number of carbonyl (C=O) groups excluding carboxylic acids is 1. The predicted molar refractivity (Wildman–Crippen MR) is 94.6 cm³/mol. The van der Waals surface area contributed by atoms with Gasteiger partial charge in [-0.15, -0.1) is 11.8 Å². The lowest BCUT2D eigenvalue weighted by Crippen LogP contribution is -2.31. The Morgan fingerprint density at radius 2 is 2.16 bits per heavy atom. The molecule has 0 spiro atoms. The lowest BCUT2D eigenvalue weighted by Gasteiger charge is -2.26. The van der Waals surface area contributed by atoms with Crippen molar-refractivity contribution in [1.29, 1.82) is 0 Å². The molecule has 0 saturated carbocycles. The molecule has 2 aromatic carbocycles. The van der Waals surface area contributed by atoms with Crippen molar-refractivity contribution < 1.29 is 14.1 Å². The molecule has 3 rings (SSSR count). The number of nitrogens with zero attached hydrogens (tertiary/aromatic N) is 1. The standard InChI is InChI=1S/C17H16FN3O3S/c1-19-14-6-5-10(21(23)24)9-12(14)17(22)20-15-7-8-25-16-11(15)3-2-4-13(16)18/h2-6,9,15,19H,7-8H2,1H3,(H,20,22). The SMILES string of the molecule is CNc1ccc([N+](=O)[O-])cc1C(=O)NC1CCSc2c(F)cccc21. The third kappa shape index (κ3) is 3.43. The largest absolute Gasteiger partial charge is 0.387 e. The highest BCUT2D eigenvalue weighted by atomic mass is 32.2. The van der Waals surface area contributed by atoms with Gasteiger partial charge in [0.2, 0.25) is 0 Å². The first-order chi connectivity index (χ1) is 12.0. The number of nitro benzene ring substituents is 1. The van der Waals surface area contributed by atoms with Crippen LogP contribution in [0.3, 0.4) is 0 Å². The maximum Gasteiger partial charge on any atom is 0.270 e. The van der Waals surface area contributed by atoms with Crippen LogP contribution in [0.1, 0.15) is 28.4 Å². The molecular formula is C17H16FN3O3S. The molecule has 1 aliphatic rings. The normalized spacial score (nSPS) is 16.0. The zero-order valence-corrected chi connectivity index (χ0v) is 14.2. The van der Waals surface area contributed by atoms with Gasteiger partial charge in [-0.2, -0.15) is 0 Å². The van der Waals surface area contributed by atoms with Gasteiger partial charge in [-0.1, -0.05) is 12.1 Å². The van der Waals surface area contributed by atoms with Crippen LogP contribution >= 0.6 is 11.8 Å². The van der Waals surface area contributed by atoms with E-state index >= 15 is 0 Å². The number of amides is 1. The highest BCUT2D eigenvalue weighted by Crippen LogP contribution is 2.38. The molecule has 1 heterocycles. The van der Waals surface area contributed by atoms with Crippen molar-refractivity contribution in [1.82, 2.24) is 5.32 Å². The quantitative estimate of drug-likeness (QED) is 0.640. The van der Waals surface area contributed by atoms with E-state index in [9.17, 15) is 19.3 Å². The van der Waals surface area contributed by atoms with Crippen molar-refractivity contribution in [3.63, 3.8) is 0 Å². The van der Waals surface area contributed by atoms with Crippen molar-refractivity contribution in [2.24, 2.45) is 0 Å². The monoisotopic (exact) mass is 361 g/mol. The minimum Gasteiger partial charge on any atom is -0.387 e. The van der Waals surface area contributed by atoms with Crippen LogP contribution in [-0.4, -0.2) is 23.6 Å². The summed E-state index contributed by atoms with van der Waals surface area (Å²) in [4.78, 5) is 23.7. The van der Waals surface area contributed by atoms with Gasteiger partial charge >= 0.3 is 0 Å². The van der Waals surface area contributed by atoms with Crippen LogP contribution in [0.4, 0.5) is 15.8 Å². The number of anilines is 1. The molecule has 1 unspecified atom stereocenters. The smallest absolute Gasteiger partial charge is 0.270 e. The number of benzene rings is 2. The van der Waals surface area contributed by atoms with Crippen molar-refractivity contribution in [2.45, 2.75) is 17.4 Å². The lowest BCUT2D eigenvalue weighted by atomic mass is 10.0. The molecule has 0 aliphatic carbocycles. The molecule has 0 bridgehead atoms. The van der Waals surface area contributed by atoms with Crippen LogP contribution in [0.2, 0.25) is 0 Å². The van der Waals surface area contributed by atoms with E-state index in [4.69, 9.17) is 0 Å². The second-order valence-corrected chi connectivity index (χ2v) is 6.66. The van der Waals surface area contributed by atoms with Gasteiger partial charge in [0.25, 0.3) is 11.6 Å². The Kier molecular flexibility index (Phi) is 4.89. The predicted octanol–water partition coefficient (Wildman–Crippen LogP) is 3.74. The lowest BCUT2D eigenvalue weighted by molar-refractivity contribution is -0.384. The zero-order valence-electron chi connectivity index (χ0n) is 13.4. The molecule has 8 heteroatoms. The molecule has 0 fully saturated rings. The van der Waals surface area contributed by atoms with Crippen molar-refractivity contribution in [2.75, 3.05) is 18.1 Å². The average molecular weight is 361 g/mol. The number of carbonyl (C=O) groups is 1. The summed E-state index contributed by atoms with van der Waals surface area (Å²) in [5.41, 5.74) is 1.26. The van der Waals surface area contributed by atoms with E-state index in [0.29, 0.717) is 22.8 Å². The first-order valence-corrected chi connectivity index (χ1v) is 8.68. The summed E-state index contributed by atoms with van der Waals surface area (Å²) in [5.74, 6) is -0.0416. The summed E-state index contributed by atoms with van der Waals surface area (Å²) in [5, 5.41) is 16.7. The fourth-order valence-corrected chi connectivity index (χ4v) is 3.96. The number of halogens is 1. The van der Waals surface area contributed by atoms with E-state index in [2.05, 4.69) is 10.6 Å². The molecule has 0 radical (unpaired) electrons. The Hall–Kier alpha value is -2.61. The van der Waals surface area contributed by atoms with E-state index < -0.39 is 10.8 Å². The number of nitro groups is 1. The third-order valence-electron chi connectivity index (χ3n) is 4.06. The molecule has 1 atom stereocenters. The average Bonchev–Trinajstić information content (AvgIpc) is 2.62. The van der Waals surface area contributed by atoms with Gasteiger partial charge in [-0.05, 0) is 24.1 Å². The van der Waals surface area contributed by atoms with Crippen LogP contribution in [-0.2, 0) is 0 Å². The van der Waals surface area contributed by atoms with Gasteiger partial charge in [-0.25, -0.2) is 4.39 Å². The number of rotatable bonds is 4. The third-order valence-corrected chi connectivity index (χ3v) is 5.22. The molecule has 2 aromatic rings. The second kappa shape index (κ2) is 7.10. The minimum absolute atomic E-state index is 0.158. The molecule has 1 amide bonds. The van der Waals surface area contributed by atoms with Gasteiger partial charge in [0, 0.05) is 35.5 Å². The first kappa shape index (κ1) is 17.2. The fourth-order valence-electron chi connectivity index (χ4n) is 2.82. The van der Waals surface area contributed by atoms with Crippen LogP contribution in [0.15, 0.2) is 41.3 Å². The summed E-state index contributed by atoms with van der Waals surface area (Å²) >= 11 is 1.43. The molecule has 2 N–H and O–H groups in total. The van der Waals surface area contributed by atoms with Crippen molar-refractivity contribution in [3.05, 3.63) is 63.5 Å². The van der Waals surface area contributed by atoms with E-state index in [1.165, 1.54) is 36.0 Å². The molecular weight excluding hydrogens is 345 g/mol. The first-order valence-electron chi connectivity index (χ1n) is 7.69. The van der Waals surface area contributed by atoms with Gasteiger partial charge in [0.1, 0.15) is 5.82 Å². The second-order valence-electron chi connectivity index (χ2n) is 5.56. The summed E-state index contributed by atoms with van der Waals surface area (Å²) in [6.45, 7) is 0. The Morgan fingerprint density at radius 3 is 2.88 bits per heavy atom. The van der Waals surface area contributed by atoms with Gasteiger partial charge in [-0.3, -0.25) is 14.9 Å². The molecule has 1 aliphatic heterocycles. The topological polar surface area (TPSA) is 84.3 Å². The van der Waals surface area contributed by atoms with Crippen LogP contribution in [0.5, 0.6) is 0 Å². The van der Waals surface area contributed by atoms with Gasteiger partial charge in [0.05, 0.1) is 16.5 Å². The summed E-state index contributed by atoms with van der Waals surface area (Å²) < 4.78 is 13.9. The van der Waals surface area contributed by atoms with Crippen LogP contribution < -0.4 is 10.6 Å². The number of hydrogen-bond donors (Lipinski definition) is 2. The van der Waals surface area contributed by atoms with E-state index in [-0.39, 0.29) is 23.1 Å². The van der Waals surface area contributed by atoms with Gasteiger partial charge in [0.15, 0.2) is 0 Å². The van der Waals surface area contributed by atoms with Gasteiger partial charge < -0.3 is 10.6 Å². The number of non-ortho nitro benzene ring substituents is 1. The van der Waals surface area contributed by atoms with E-state index in [1.807, 2.05) is 0 Å². The van der Waals surface area contributed by atoms with Crippen LogP contribution in [0, 0.1) is 15.9 Å². The Labute approximate surface area is 148 Å². The van der Waals surface area contributed by atoms with Crippen LogP contribution in [0.25, 0.3) is 0 Å². The highest BCUT2D eigenvalue weighted by Gasteiger charge is 2.26. The summed E-state index contributed by atoms with van der Waals surface area (Å²) in [7, 11) is 1.64. The Morgan fingerprint density at radius 1 is 1.36 bits per heavy atom. The van der Waals surface area contributed by atoms with Crippen molar-refractivity contribution in [3.8, 4) is 0 Å². The minimum atomic E-state index is -0.544. The fraction of sp³-hybridized carbons (Fsp3) is 0.235. The molecule has 0 aromatic heterocycles. The highest BCUT2D eigenvalue weighted by molar-refractivity contribution is 7.99. The zero-order chi connectivity index (χ0) is 18.0. The number of hydrogen-bond acceptors (Lipinski definition) is 5. The van der Waals surface area contributed by atoms with E-state index in [0.717, 1.165) is 5.56 Å². The number of thioether (sulfide) groups is 1. The Bertz CT molecular complexity index is 844. The van der Waals surface area contributed by atoms with Crippen molar-refractivity contribution >= 4 is 29.0 Å². The maximum atomic E-state index is 13.9. The molecule has 0 saturated heterocycles. The Balaban J connectivity index is 1.90. The van der Waals surface area contributed by atoms with E-state index in [1.54, 1.807) is 19.2 Å². The summed E-state index contributed by atoms with van der Waals surface area (Å²) in [6, 6.07) is 8.56. The maximum absolute atomic E-state index is 13.9. The number of nitrogens with one attached hydrogen (secondary N) is 2. The molecule has 130 valence electrons.